The van der Waals surface area contributed by atoms with Gasteiger partial charge in [0, 0.05) is 13.6 Å². The molecule has 1 rings (SSSR count). The van der Waals surface area contributed by atoms with Crippen molar-refractivity contribution < 1.29 is 9.59 Å². The smallest absolute Gasteiger partial charge is 0.264 e. The summed E-state index contributed by atoms with van der Waals surface area (Å²) in [5.41, 5.74) is 5.47. The maximum atomic E-state index is 12.0. The molecule has 20 heavy (non-hydrogen) atoms. The lowest BCUT2D eigenvalue weighted by molar-refractivity contribution is -0.121. The van der Waals surface area contributed by atoms with Gasteiger partial charge in [0.1, 0.15) is 0 Å². The molecule has 1 atom stereocenters. The first-order valence-electron chi connectivity index (χ1n) is 5.91. The molecule has 114 valence electrons. The van der Waals surface area contributed by atoms with Crippen LogP contribution in [0.15, 0.2) is 15.9 Å². The van der Waals surface area contributed by atoms with E-state index < -0.39 is 0 Å². The summed E-state index contributed by atoms with van der Waals surface area (Å²) in [7, 11) is 1.61. The van der Waals surface area contributed by atoms with Gasteiger partial charge in [0.2, 0.25) is 5.91 Å². The fourth-order valence-electron chi connectivity index (χ4n) is 1.33. The molecule has 0 radical (unpaired) electrons. The number of hydrogen-bond acceptors (Lipinski definition) is 4. The van der Waals surface area contributed by atoms with Crippen molar-refractivity contribution in [2.45, 2.75) is 6.92 Å². The highest BCUT2D eigenvalue weighted by Gasteiger charge is 2.16. The number of likely N-dealkylation sites (N-methyl/N-ethyl adjacent to an activating group) is 1. The monoisotopic (exact) mass is 383 g/mol. The Morgan fingerprint density at radius 2 is 2.15 bits per heavy atom. The van der Waals surface area contributed by atoms with Crippen molar-refractivity contribution in [3.63, 3.8) is 0 Å². The van der Waals surface area contributed by atoms with Crippen LogP contribution in [0.1, 0.15) is 16.6 Å². The minimum absolute atomic E-state index is 0. The van der Waals surface area contributed by atoms with E-state index in [1.54, 1.807) is 13.1 Å². The van der Waals surface area contributed by atoms with E-state index >= 15 is 0 Å². The van der Waals surface area contributed by atoms with E-state index in [1.165, 1.54) is 16.2 Å². The predicted molar refractivity (Wildman–Crippen MR) is 87.5 cm³/mol. The second-order valence-electron chi connectivity index (χ2n) is 4.41. The molecule has 0 bridgehead atoms. The summed E-state index contributed by atoms with van der Waals surface area (Å²) < 4.78 is 0.894. The molecule has 0 aliphatic carbocycles. The van der Waals surface area contributed by atoms with Crippen LogP contribution in [-0.2, 0) is 4.79 Å². The van der Waals surface area contributed by atoms with Crippen molar-refractivity contribution in [3.05, 3.63) is 20.8 Å². The SMILES string of the molecule is CC(CN)CNC(=O)CN(C)C(=O)c1ccc(Br)s1.Cl. The van der Waals surface area contributed by atoms with Gasteiger partial charge >= 0.3 is 0 Å². The van der Waals surface area contributed by atoms with E-state index in [-0.39, 0.29) is 36.7 Å². The third-order valence-electron chi connectivity index (χ3n) is 2.56. The number of nitrogens with two attached hydrogens (primary N) is 1. The zero-order valence-electron chi connectivity index (χ0n) is 11.4. The topological polar surface area (TPSA) is 75.4 Å². The first-order valence-corrected chi connectivity index (χ1v) is 7.52. The van der Waals surface area contributed by atoms with E-state index in [2.05, 4.69) is 21.2 Å². The third kappa shape index (κ3) is 6.21. The van der Waals surface area contributed by atoms with Crippen LogP contribution in [0.2, 0.25) is 0 Å². The fourth-order valence-corrected chi connectivity index (χ4v) is 2.71. The van der Waals surface area contributed by atoms with Crippen LogP contribution in [-0.4, -0.2) is 43.4 Å². The van der Waals surface area contributed by atoms with E-state index in [0.29, 0.717) is 18.0 Å². The molecule has 1 aromatic heterocycles. The Labute approximate surface area is 137 Å². The van der Waals surface area contributed by atoms with Crippen molar-refractivity contribution in [2.75, 3.05) is 26.7 Å². The number of nitrogens with zero attached hydrogens (tertiary/aromatic N) is 1. The number of nitrogens with one attached hydrogen (secondary N) is 1. The lowest BCUT2D eigenvalue weighted by atomic mass is 10.2. The number of amides is 2. The first-order chi connectivity index (χ1) is 8.93. The Morgan fingerprint density at radius 1 is 1.50 bits per heavy atom. The minimum Gasteiger partial charge on any atom is -0.354 e. The molecule has 0 aliphatic rings. The molecule has 0 aliphatic heterocycles. The molecule has 0 saturated carbocycles. The molecule has 8 heteroatoms. The molecule has 3 N–H and O–H groups in total. The predicted octanol–water partition coefficient (Wildman–Crippen LogP) is 1.72. The van der Waals surface area contributed by atoms with Crippen molar-refractivity contribution in [3.8, 4) is 0 Å². The summed E-state index contributed by atoms with van der Waals surface area (Å²) in [6.07, 6.45) is 0. The summed E-state index contributed by atoms with van der Waals surface area (Å²) >= 11 is 4.66. The zero-order chi connectivity index (χ0) is 14.4. The molecule has 0 spiro atoms. The summed E-state index contributed by atoms with van der Waals surface area (Å²) in [4.78, 5) is 25.7. The molecule has 5 nitrogen and oxygen atoms in total. The quantitative estimate of drug-likeness (QED) is 0.784. The van der Waals surface area contributed by atoms with Gasteiger partial charge < -0.3 is 16.0 Å². The number of rotatable bonds is 6. The summed E-state index contributed by atoms with van der Waals surface area (Å²) in [5.74, 6) is -0.0947. The second-order valence-corrected chi connectivity index (χ2v) is 6.87. The van der Waals surface area contributed by atoms with Crippen LogP contribution in [0.4, 0.5) is 0 Å². The maximum Gasteiger partial charge on any atom is 0.264 e. The van der Waals surface area contributed by atoms with Gasteiger partial charge in [-0.2, -0.15) is 0 Å². The van der Waals surface area contributed by atoms with Gasteiger partial charge in [-0.05, 0) is 40.5 Å². The van der Waals surface area contributed by atoms with Gasteiger partial charge in [0.25, 0.3) is 5.91 Å². The lowest BCUT2D eigenvalue weighted by Gasteiger charge is -2.17. The van der Waals surface area contributed by atoms with E-state index in [9.17, 15) is 9.59 Å². The summed E-state index contributed by atoms with van der Waals surface area (Å²) in [6.45, 7) is 3.06. The number of carbonyl (C=O) groups is 2. The average molecular weight is 385 g/mol. The standard InChI is InChI=1S/C12H18BrN3O2S.ClH/c1-8(5-14)6-15-11(17)7-16(2)12(18)9-3-4-10(13)19-9;/h3-4,8H,5-7,14H2,1-2H3,(H,15,17);1H. The Bertz CT molecular complexity index is 456. The average Bonchev–Trinajstić information content (AvgIpc) is 2.81. The normalized spacial score (nSPS) is 11.4. The van der Waals surface area contributed by atoms with Gasteiger partial charge in [-0.25, -0.2) is 0 Å². The highest BCUT2D eigenvalue weighted by Crippen LogP contribution is 2.22. The van der Waals surface area contributed by atoms with Crippen LogP contribution in [0.5, 0.6) is 0 Å². The van der Waals surface area contributed by atoms with Gasteiger partial charge in [-0.15, -0.1) is 23.7 Å². The third-order valence-corrected chi connectivity index (χ3v) is 4.17. The van der Waals surface area contributed by atoms with Gasteiger partial charge in [0.15, 0.2) is 0 Å². The molecule has 1 unspecified atom stereocenters. The number of thiophene rings is 1. The summed E-state index contributed by atoms with van der Waals surface area (Å²) in [6, 6.07) is 3.55. The highest BCUT2D eigenvalue weighted by atomic mass is 79.9. The second kappa shape index (κ2) is 9.33. The molecule has 0 fully saturated rings. The van der Waals surface area contributed by atoms with Crippen molar-refractivity contribution >= 4 is 51.5 Å². The number of carbonyl (C=O) groups excluding carboxylic acids is 2. The largest absolute Gasteiger partial charge is 0.354 e. The highest BCUT2D eigenvalue weighted by molar-refractivity contribution is 9.11. The molecule has 0 aromatic carbocycles. The minimum atomic E-state index is -0.174. The van der Waals surface area contributed by atoms with Crippen LogP contribution in [0, 0.1) is 5.92 Å². The molecule has 1 aromatic rings. The molecular formula is C12H19BrClN3O2S. The lowest BCUT2D eigenvalue weighted by Crippen LogP contribution is -2.40. The Hall–Kier alpha value is -0.630. The van der Waals surface area contributed by atoms with Gasteiger partial charge in [-0.1, -0.05) is 6.92 Å². The van der Waals surface area contributed by atoms with Crippen LogP contribution in [0.25, 0.3) is 0 Å². The Kier molecular flexibility index (Phi) is 9.04. The summed E-state index contributed by atoms with van der Waals surface area (Å²) in [5, 5.41) is 2.76. The van der Waals surface area contributed by atoms with Crippen LogP contribution in [0.3, 0.4) is 0 Å². The molecule has 1 heterocycles. The maximum absolute atomic E-state index is 12.0. The Balaban J connectivity index is 0.00000361. The number of hydrogen-bond donors (Lipinski definition) is 2. The van der Waals surface area contributed by atoms with Crippen molar-refractivity contribution in [1.82, 2.24) is 10.2 Å². The van der Waals surface area contributed by atoms with Crippen LogP contribution >= 0.6 is 39.7 Å². The van der Waals surface area contributed by atoms with E-state index in [0.717, 1.165) is 3.79 Å². The van der Waals surface area contributed by atoms with Gasteiger partial charge in [-0.3, -0.25) is 9.59 Å². The van der Waals surface area contributed by atoms with E-state index in [1.807, 2.05) is 13.0 Å². The fraction of sp³-hybridized carbons (Fsp3) is 0.500. The van der Waals surface area contributed by atoms with Gasteiger partial charge in [0.05, 0.1) is 15.2 Å². The van der Waals surface area contributed by atoms with E-state index in [4.69, 9.17) is 5.73 Å². The van der Waals surface area contributed by atoms with Crippen molar-refractivity contribution in [1.29, 1.82) is 0 Å². The van der Waals surface area contributed by atoms with Crippen LogP contribution < -0.4 is 11.1 Å². The zero-order valence-corrected chi connectivity index (χ0v) is 14.6. The molecule has 0 saturated heterocycles. The number of halogens is 2. The molecular weight excluding hydrogens is 366 g/mol. The first kappa shape index (κ1) is 19.4. The Morgan fingerprint density at radius 3 is 2.65 bits per heavy atom. The molecule has 2 amide bonds. The van der Waals surface area contributed by atoms with Crippen molar-refractivity contribution in [2.24, 2.45) is 11.7 Å².